The van der Waals surface area contributed by atoms with Crippen LogP contribution in [0.5, 0.6) is 0 Å². The van der Waals surface area contributed by atoms with E-state index in [1.165, 1.54) is 16.8 Å². The summed E-state index contributed by atoms with van der Waals surface area (Å²) in [5, 5.41) is 3.52. The predicted molar refractivity (Wildman–Crippen MR) is 95.9 cm³/mol. The fraction of sp³-hybridized carbons (Fsp3) is 0.100. The monoisotopic (exact) mass is 288 g/mol. The molecule has 3 rings (SSSR count). The van der Waals surface area contributed by atoms with Crippen molar-refractivity contribution < 1.29 is 0 Å². The Kier molecular flexibility index (Phi) is 4.10. The van der Waals surface area contributed by atoms with Crippen LogP contribution in [-0.2, 0) is 0 Å². The van der Waals surface area contributed by atoms with Crippen LogP contribution in [-0.4, -0.2) is 14.1 Å². The Morgan fingerprint density at radius 1 is 0.636 bits per heavy atom. The summed E-state index contributed by atoms with van der Waals surface area (Å²) in [5.41, 5.74) is 5.85. The summed E-state index contributed by atoms with van der Waals surface area (Å²) in [6.07, 6.45) is 0. The van der Waals surface area contributed by atoms with Crippen molar-refractivity contribution in [2.45, 2.75) is 0 Å². The molecule has 0 unspecified atom stereocenters. The number of benzene rings is 3. The van der Waals surface area contributed by atoms with Crippen LogP contribution in [0, 0.1) is 0 Å². The Balaban J connectivity index is 2.06. The molecule has 0 spiro atoms. The molecule has 0 amide bonds. The molecule has 2 nitrogen and oxygen atoms in total. The molecule has 0 aliphatic carbocycles. The molecule has 0 radical (unpaired) electrons. The van der Waals surface area contributed by atoms with Crippen molar-refractivity contribution in [1.29, 1.82) is 0 Å². The van der Waals surface area contributed by atoms with Gasteiger partial charge in [0, 0.05) is 42.3 Å². The molecule has 0 aliphatic heterocycles. The van der Waals surface area contributed by atoms with Gasteiger partial charge >= 0.3 is 0 Å². The third-order valence-corrected chi connectivity index (χ3v) is 3.66. The largest absolute Gasteiger partial charge is 0.377 e. The zero-order chi connectivity index (χ0) is 15.4. The first-order valence-electron chi connectivity index (χ1n) is 7.43. The van der Waals surface area contributed by atoms with Crippen LogP contribution in [0.2, 0.25) is 0 Å². The van der Waals surface area contributed by atoms with Crippen LogP contribution < -0.4 is 10.2 Å². The highest BCUT2D eigenvalue weighted by Crippen LogP contribution is 2.35. The maximum atomic E-state index is 3.52. The summed E-state index contributed by atoms with van der Waals surface area (Å²) in [5.74, 6) is 0. The number of rotatable bonds is 4. The second-order valence-corrected chi connectivity index (χ2v) is 5.45. The summed E-state index contributed by atoms with van der Waals surface area (Å²) < 4.78 is 0. The Morgan fingerprint density at radius 2 is 1.23 bits per heavy atom. The maximum Gasteiger partial charge on any atom is 0.0464 e. The molecule has 0 atom stereocenters. The van der Waals surface area contributed by atoms with Gasteiger partial charge in [-0.15, -0.1) is 0 Å². The zero-order valence-corrected chi connectivity index (χ0v) is 13.0. The Morgan fingerprint density at radius 3 is 1.95 bits per heavy atom. The van der Waals surface area contributed by atoms with Crippen LogP contribution in [0.25, 0.3) is 11.1 Å². The van der Waals surface area contributed by atoms with E-state index in [0.717, 1.165) is 11.4 Å². The SMILES string of the molecule is CN(C)c1ccccc1-c1ccccc1Nc1ccccc1. The second-order valence-electron chi connectivity index (χ2n) is 5.45. The van der Waals surface area contributed by atoms with Crippen molar-refractivity contribution in [3.63, 3.8) is 0 Å². The molecule has 0 aliphatic rings. The van der Waals surface area contributed by atoms with Gasteiger partial charge in [-0.2, -0.15) is 0 Å². The third-order valence-electron chi connectivity index (χ3n) is 3.66. The van der Waals surface area contributed by atoms with Gasteiger partial charge in [-0.3, -0.25) is 0 Å². The highest BCUT2D eigenvalue weighted by Gasteiger charge is 2.10. The Labute approximate surface area is 132 Å². The number of anilines is 3. The fourth-order valence-corrected chi connectivity index (χ4v) is 2.60. The van der Waals surface area contributed by atoms with Gasteiger partial charge in [0.1, 0.15) is 0 Å². The minimum absolute atomic E-state index is 1.09. The summed E-state index contributed by atoms with van der Waals surface area (Å²) in [7, 11) is 4.15. The first kappa shape index (κ1) is 14.2. The zero-order valence-electron chi connectivity index (χ0n) is 13.0. The summed E-state index contributed by atoms with van der Waals surface area (Å²) in [6.45, 7) is 0. The Bertz CT molecular complexity index is 748. The predicted octanol–water partition coefficient (Wildman–Crippen LogP) is 5.16. The highest BCUT2D eigenvalue weighted by atomic mass is 15.1. The van der Waals surface area contributed by atoms with E-state index in [1.54, 1.807) is 0 Å². The summed E-state index contributed by atoms with van der Waals surface area (Å²) in [6, 6.07) is 27.2. The standard InChI is InChI=1S/C20H20N2/c1-22(2)20-15-9-7-13-18(20)17-12-6-8-14-19(17)21-16-10-4-3-5-11-16/h3-15,21H,1-2H3. The van der Waals surface area contributed by atoms with Gasteiger partial charge < -0.3 is 10.2 Å². The van der Waals surface area contributed by atoms with Gasteiger partial charge in [0.05, 0.1) is 0 Å². The minimum Gasteiger partial charge on any atom is -0.377 e. The van der Waals surface area contributed by atoms with Crippen LogP contribution in [0.4, 0.5) is 17.1 Å². The van der Waals surface area contributed by atoms with Gasteiger partial charge in [0.15, 0.2) is 0 Å². The van der Waals surface area contributed by atoms with E-state index in [4.69, 9.17) is 0 Å². The normalized spacial score (nSPS) is 10.3. The van der Waals surface area contributed by atoms with E-state index in [9.17, 15) is 0 Å². The van der Waals surface area contributed by atoms with Crippen LogP contribution in [0.1, 0.15) is 0 Å². The van der Waals surface area contributed by atoms with Crippen LogP contribution in [0.15, 0.2) is 78.9 Å². The first-order valence-corrected chi connectivity index (χ1v) is 7.43. The molecule has 3 aromatic carbocycles. The molecule has 0 heterocycles. The lowest BCUT2D eigenvalue weighted by Gasteiger charge is -2.20. The molecule has 0 saturated carbocycles. The topological polar surface area (TPSA) is 15.3 Å². The quantitative estimate of drug-likeness (QED) is 0.713. The molecule has 0 saturated heterocycles. The lowest BCUT2D eigenvalue weighted by Crippen LogP contribution is -2.10. The van der Waals surface area contributed by atoms with E-state index < -0.39 is 0 Å². The van der Waals surface area contributed by atoms with Crippen LogP contribution in [0.3, 0.4) is 0 Å². The van der Waals surface area contributed by atoms with Crippen molar-refractivity contribution in [2.75, 3.05) is 24.3 Å². The second kappa shape index (κ2) is 6.35. The van der Waals surface area contributed by atoms with Gasteiger partial charge in [-0.1, -0.05) is 54.6 Å². The van der Waals surface area contributed by atoms with Crippen LogP contribution >= 0.6 is 0 Å². The maximum absolute atomic E-state index is 3.52. The Hall–Kier alpha value is -2.74. The van der Waals surface area contributed by atoms with Crippen molar-refractivity contribution in [3.05, 3.63) is 78.9 Å². The highest BCUT2D eigenvalue weighted by molar-refractivity contribution is 5.88. The van der Waals surface area contributed by atoms with Crippen molar-refractivity contribution >= 4 is 17.1 Å². The van der Waals surface area contributed by atoms with E-state index >= 15 is 0 Å². The van der Waals surface area contributed by atoms with E-state index in [1.807, 2.05) is 18.2 Å². The summed E-state index contributed by atoms with van der Waals surface area (Å²) >= 11 is 0. The number of para-hydroxylation sites is 3. The number of nitrogens with zero attached hydrogens (tertiary/aromatic N) is 1. The average Bonchev–Trinajstić information content (AvgIpc) is 2.56. The van der Waals surface area contributed by atoms with E-state index in [-0.39, 0.29) is 0 Å². The molecule has 110 valence electrons. The lowest BCUT2D eigenvalue weighted by molar-refractivity contribution is 1.13. The third kappa shape index (κ3) is 2.96. The lowest BCUT2D eigenvalue weighted by atomic mass is 10.0. The van der Waals surface area contributed by atoms with E-state index in [2.05, 4.69) is 85.0 Å². The molecular formula is C20H20N2. The fourth-order valence-electron chi connectivity index (χ4n) is 2.60. The van der Waals surface area contributed by atoms with Gasteiger partial charge in [-0.25, -0.2) is 0 Å². The molecule has 1 N–H and O–H groups in total. The molecule has 0 fully saturated rings. The molecule has 22 heavy (non-hydrogen) atoms. The van der Waals surface area contributed by atoms with Gasteiger partial charge in [0.2, 0.25) is 0 Å². The van der Waals surface area contributed by atoms with Crippen molar-refractivity contribution in [3.8, 4) is 11.1 Å². The van der Waals surface area contributed by atoms with Gasteiger partial charge in [-0.05, 0) is 24.3 Å². The average molecular weight is 288 g/mol. The number of nitrogens with one attached hydrogen (secondary N) is 1. The van der Waals surface area contributed by atoms with Crippen molar-refractivity contribution in [2.24, 2.45) is 0 Å². The number of hydrogen-bond acceptors (Lipinski definition) is 2. The summed E-state index contributed by atoms with van der Waals surface area (Å²) in [4.78, 5) is 2.15. The molecule has 0 aromatic heterocycles. The molecule has 2 heteroatoms. The van der Waals surface area contributed by atoms with E-state index in [0.29, 0.717) is 0 Å². The molecule has 0 bridgehead atoms. The van der Waals surface area contributed by atoms with Gasteiger partial charge in [0.25, 0.3) is 0 Å². The minimum atomic E-state index is 1.09. The number of hydrogen-bond donors (Lipinski definition) is 1. The smallest absolute Gasteiger partial charge is 0.0464 e. The molecule has 3 aromatic rings. The molecular weight excluding hydrogens is 268 g/mol. The first-order chi connectivity index (χ1) is 10.8. The van der Waals surface area contributed by atoms with Crippen molar-refractivity contribution in [1.82, 2.24) is 0 Å².